The normalized spacial score (nSPS) is 15.3. The number of nitrogens with one attached hydrogen (secondary N) is 2. The Labute approximate surface area is 177 Å². The van der Waals surface area contributed by atoms with Gasteiger partial charge in [0.2, 0.25) is 0 Å². The average molecular weight is 491 g/mol. The second-order valence-corrected chi connectivity index (χ2v) is 6.74. The molecular formula is C18H30IN5O3. The first-order chi connectivity index (χ1) is 12.5. The van der Waals surface area contributed by atoms with Crippen molar-refractivity contribution in [1.29, 1.82) is 0 Å². The Morgan fingerprint density at radius 1 is 1.26 bits per heavy atom. The van der Waals surface area contributed by atoms with Crippen molar-refractivity contribution in [3.8, 4) is 0 Å². The van der Waals surface area contributed by atoms with Crippen LogP contribution < -0.4 is 10.6 Å². The van der Waals surface area contributed by atoms with E-state index in [-0.39, 0.29) is 29.7 Å². The van der Waals surface area contributed by atoms with Gasteiger partial charge in [-0.25, -0.2) is 4.99 Å². The molecule has 0 unspecified atom stereocenters. The molecule has 1 heterocycles. The van der Waals surface area contributed by atoms with E-state index in [9.17, 15) is 10.1 Å². The molecule has 1 aromatic carbocycles. The van der Waals surface area contributed by atoms with E-state index in [0.717, 1.165) is 57.5 Å². The van der Waals surface area contributed by atoms with Crippen LogP contribution in [-0.2, 0) is 11.3 Å². The number of halogens is 1. The number of nitro benzene ring substituents is 1. The van der Waals surface area contributed by atoms with Gasteiger partial charge in [-0.1, -0.05) is 26.0 Å². The topological polar surface area (TPSA) is 92.0 Å². The van der Waals surface area contributed by atoms with Gasteiger partial charge in [0, 0.05) is 44.9 Å². The Hall–Kier alpha value is -1.46. The van der Waals surface area contributed by atoms with Gasteiger partial charge in [-0.05, 0) is 11.5 Å². The van der Waals surface area contributed by atoms with Crippen molar-refractivity contribution >= 4 is 35.6 Å². The van der Waals surface area contributed by atoms with Crippen LogP contribution in [0.4, 0.5) is 5.69 Å². The number of guanidine groups is 1. The summed E-state index contributed by atoms with van der Waals surface area (Å²) in [5, 5.41) is 17.4. The van der Waals surface area contributed by atoms with Crippen molar-refractivity contribution in [3.05, 3.63) is 39.9 Å². The largest absolute Gasteiger partial charge is 0.379 e. The highest BCUT2D eigenvalue weighted by Crippen LogP contribution is 2.12. The van der Waals surface area contributed by atoms with E-state index < -0.39 is 4.92 Å². The molecule has 0 atom stereocenters. The minimum absolute atomic E-state index is 0. The maximum absolute atomic E-state index is 10.7. The molecule has 0 amide bonds. The maximum atomic E-state index is 10.7. The summed E-state index contributed by atoms with van der Waals surface area (Å²) < 4.78 is 5.36. The van der Waals surface area contributed by atoms with Crippen LogP contribution in [0.15, 0.2) is 29.3 Å². The zero-order valence-corrected chi connectivity index (χ0v) is 18.3. The van der Waals surface area contributed by atoms with Gasteiger partial charge in [-0.3, -0.25) is 15.0 Å². The molecule has 0 spiro atoms. The van der Waals surface area contributed by atoms with Gasteiger partial charge in [-0.15, -0.1) is 24.0 Å². The summed E-state index contributed by atoms with van der Waals surface area (Å²) in [6, 6.07) is 6.51. The lowest BCUT2D eigenvalue weighted by Gasteiger charge is -2.26. The fourth-order valence-corrected chi connectivity index (χ4v) is 2.53. The number of hydrogen-bond donors (Lipinski definition) is 2. The second-order valence-electron chi connectivity index (χ2n) is 6.74. The number of non-ortho nitro benzene ring substituents is 1. The number of benzene rings is 1. The Kier molecular flexibility index (Phi) is 11.2. The van der Waals surface area contributed by atoms with Crippen molar-refractivity contribution in [2.24, 2.45) is 10.9 Å². The quantitative estimate of drug-likeness (QED) is 0.191. The summed E-state index contributed by atoms with van der Waals surface area (Å²) >= 11 is 0. The summed E-state index contributed by atoms with van der Waals surface area (Å²) in [4.78, 5) is 17.3. The van der Waals surface area contributed by atoms with E-state index in [1.807, 2.05) is 0 Å². The zero-order chi connectivity index (χ0) is 18.8. The molecule has 0 aliphatic carbocycles. The van der Waals surface area contributed by atoms with Gasteiger partial charge in [0.25, 0.3) is 5.69 Å². The number of nitro groups is 1. The van der Waals surface area contributed by atoms with Crippen LogP contribution in [0.2, 0.25) is 0 Å². The van der Waals surface area contributed by atoms with Crippen LogP contribution in [0.25, 0.3) is 0 Å². The Morgan fingerprint density at radius 2 is 1.93 bits per heavy atom. The maximum Gasteiger partial charge on any atom is 0.269 e. The molecule has 1 aliphatic heterocycles. The Balaban J connectivity index is 0.00000364. The molecule has 8 nitrogen and oxygen atoms in total. The zero-order valence-electron chi connectivity index (χ0n) is 16.0. The third kappa shape index (κ3) is 9.34. The molecule has 1 fully saturated rings. The minimum Gasteiger partial charge on any atom is -0.379 e. The first-order valence-electron chi connectivity index (χ1n) is 9.10. The van der Waals surface area contributed by atoms with Gasteiger partial charge in [0.1, 0.15) is 0 Å². The van der Waals surface area contributed by atoms with Gasteiger partial charge >= 0.3 is 0 Å². The van der Waals surface area contributed by atoms with Crippen molar-refractivity contribution < 1.29 is 9.66 Å². The fourth-order valence-electron chi connectivity index (χ4n) is 2.53. The smallest absolute Gasteiger partial charge is 0.269 e. The highest BCUT2D eigenvalue weighted by molar-refractivity contribution is 14.0. The van der Waals surface area contributed by atoms with Gasteiger partial charge < -0.3 is 15.4 Å². The number of rotatable bonds is 8. The van der Waals surface area contributed by atoms with E-state index in [0.29, 0.717) is 12.5 Å². The molecule has 1 aromatic rings. The Morgan fingerprint density at radius 3 is 2.52 bits per heavy atom. The van der Waals surface area contributed by atoms with E-state index in [2.05, 4.69) is 34.4 Å². The predicted molar refractivity (Wildman–Crippen MR) is 118 cm³/mol. The lowest BCUT2D eigenvalue weighted by atomic mass is 10.2. The number of morpholine rings is 1. The molecule has 2 rings (SSSR count). The molecule has 0 aromatic heterocycles. The van der Waals surface area contributed by atoms with Crippen molar-refractivity contribution in [2.45, 2.75) is 20.4 Å². The summed E-state index contributed by atoms with van der Waals surface area (Å²) in [6.45, 7) is 10.9. The van der Waals surface area contributed by atoms with Gasteiger partial charge in [0.15, 0.2) is 5.96 Å². The number of hydrogen-bond acceptors (Lipinski definition) is 5. The van der Waals surface area contributed by atoms with E-state index in [1.54, 1.807) is 12.1 Å². The molecule has 2 N–H and O–H groups in total. The number of aliphatic imine (C=N–C) groups is 1. The van der Waals surface area contributed by atoms with Crippen molar-refractivity contribution in [3.63, 3.8) is 0 Å². The Bertz CT molecular complexity index is 589. The molecule has 0 bridgehead atoms. The molecule has 0 radical (unpaired) electrons. The summed E-state index contributed by atoms with van der Waals surface area (Å²) in [6.07, 6.45) is 0. The van der Waals surface area contributed by atoms with Crippen LogP contribution >= 0.6 is 24.0 Å². The molecule has 27 heavy (non-hydrogen) atoms. The lowest BCUT2D eigenvalue weighted by molar-refractivity contribution is -0.384. The molecule has 152 valence electrons. The van der Waals surface area contributed by atoms with E-state index >= 15 is 0 Å². The third-order valence-electron chi connectivity index (χ3n) is 4.07. The standard InChI is InChI=1S/C18H29N5O3.HI/c1-15(2)13-20-18(19-7-8-22-9-11-26-12-10-22)21-14-16-3-5-17(6-4-16)23(24)25;/h3-6,15H,7-14H2,1-2H3,(H2,19,20,21);1H. The summed E-state index contributed by atoms with van der Waals surface area (Å²) in [5.41, 5.74) is 1.04. The van der Waals surface area contributed by atoms with E-state index in [1.165, 1.54) is 12.1 Å². The minimum atomic E-state index is -0.393. The lowest BCUT2D eigenvalue weighted by Crippen LogP contribution is -2.45. The van der Waals surface area contributed by atoms with Gasteiger partial charge in [0.05, 0.1) is 24.7 Å². The van der Waals surface area contributed by atoms with Crippen LogP contribution in [0.3, 0.4) is 0 Å². The monoisotopic (exact) mass is 491 g/mol. The van der Waals surface area contributed by atoms with Crippen molar-refractivity contribution in [1.82, 2.24) is 15.5 Å². The number of nitrogens with zero attached hydrogens (tertiary/aromatic N) is 3. The van der Waals surface area contributed by atoms with E-state index in [4.69, 9.17) is 4.74 Å². The molecule has 0 saturated carbocycles. The molecule has 9 heteroatoms. The molecule has 1 saturated heterocycles. The first kappa shape index (κ1) is 23.6. The van der Waals surface area contributed by atoms with Crippen molar-refractivity contribution in [2.75, 3.05) is 45.9 Å². The highest BCUT2D eigenvalue weighted by atomic mass is 127. The van der Waals surface area contributed by atoms with Crippen LogP contribution in [0, 0.1) is 16.0 Å². The number of ether oxygens (including phenoxy) is 1. The fraction of sp³-hybridized carbons (Fsp3) is 0.611. The summed E-state index contributed by atoms with van der Waals surface area (Å²) in [7, 11) is 0. The second kappa shape index (κ2) is 12.8. The van der Waals surface area contributed by atoms with Crippen LogP contribution in [0.5, 0.6) is 0 Å². The SMILES string of the molecule is CC(C)CNC(=NCc1ccc([N+](=O)[O-])cc1)NCCN1CCOCC1.I. The van der Waals surface area contributed by atoms with Crippen LogP contribution in [0.1, 0.15) is 19.4 Å². The van der Waals surface area contributed by atoms with Crippen LogP contribution in [-0.4, -0.2) is 61.7 Å². The van der Waals surface area contributed by atoms with Gasteiger partial charge in [-0.2, -0.15) is 0 Å². The molecule has 1 aliphatic rings. The highest BCUT2D eigenvalue weighted by Gasteiger charge is 2.10. The predicted octanol–water partition coefficient (Wildman–Crippen LogP) is 2.24. The first-order valence-corrected chi connectivity index (χ1v) is 9.10. The summed E-state index contributed by atoms with van der Waals surface area (Å²) in [5.74, 6) is 1.28. The molecular weight excluding hydrogens is 461 g/mol. The third-order valence-corrected chi connectivity index (χ3v) is 4.07. The average Bonchev–Trinajstić information content (AvgIpc) is 2.64.